The minimum absolute atomic E-state index is 0.0878. The van der Waals surface area contributed by atoms with E-state index < -0.39 is 6.10 Å². The van der Waals surface area contributed by atoms with Crippen molar-refractivity contribution in [2.24, 2.45) is 0 Å². The van der Waals surface area contributed by atoms with Crippen LogP contribution in [0.5, 0.6) is 0 Å². The van der Waals surface area contributed by atoms with Gasteiger partial charge in [-0.15, -0.1) is 0 Å². The number of likely N-dealkylation sites (tertiary alicyclic amines) is 1. The molecule has 2 fully saturated rings. The number of allylic oxidation sites excluding steroid dienone is 1. The normalized spacial score (nSPS) is 26.2. The first-order valence-corrected chi connectivity index (χ1v) is 8.05. The van der Waals surface area contributed by atoms with Crippen LogP contribution in [0, 0.1) is 0 Å². The molecule has 0 unspecified atom stereocenters. The Kier molecular flexibility index (Phi) is 3.51. The van der Waals surface area contributed by atoms with Gasteiger partial charge in [0.05, 0.1) is 19.8 Å². The van der Waals surface area contributed by atoms with Crippen LogP contribution in [0.15, 0.2) is 30.3 Å². The molecular weight excluding hydrogens is 278 g/mol. The number of fused-ring (bicyclic) bond motifs is 2. The van der Waals surface area contributed by atoms with Gasteiger partial charge in [-0.25, -0.2) is 0 Å². The molecule has 4 nitrogen and oxygen atoms in total. The molecule has 2 saturated heterocycles. The number of carbonyl (C=O) groups excluding carboxylic acids is 1. The number of nitrogens with zero attached hydrogens (tertiary/aromatic N) is 1. The van der Waals surface area contributed by atoms with Gasteiger partial charge in [0.15, 0.2) is 6.10 Å². The van der Waals surface area contributed by atoms with Gasteiger partial charge in [-0.2, -0.15) is 0 Å². The first-order valence-electron chi connectivity index (χ1n) is 8.05. The summed E-state index contributed by atoms with van der Waals surface area (Å²) in [5.74, 6) is 0.0878. The fraction of sp³-hybridized carbons (Fsp3) is 0.500. The smallest absolute Gasteiger partial charge is 0.254 e. The first-order chi connectivity index (χ1) is 10.8. The van der Waals surface area contributed by atoms with Crippen LogP contribution >= 0.6 is 0 Å². The summed E-state index contributed by atoms with van der Waals surface area (Å²) in [4.78, 5) is 14.4. The van der Waals surface area contributed by atoms with Gasteiger partial charge in [0, 0.05) is 18.5 Å². The lowest BCUT2D eigenvalue weighted by atomic mass is 9.74. The topological polar surface area (TPSA) is 38.8 Å². The zero-order valence-electron chi connectivity index (χ0n) is 12.7. The Labute approximate surface area is 130 Å². The second-order valence-electron chi connectivity index (χ2n) is 6.34. The second-order valence-corrected chi connectivity index (χ2v) is 6.34. The van der Waals surface area contributed by atoms with Gasteiger partial charge in [0.2, 0.25) is 0 Å². The van der Waals surface area contributed by atoms with Crippen molar-refractivity contribution in [1.29, 1.82) is 0 Å². The Bertz CT molecular complexity index is 596. The third kappa shape index (κ3) is 2.27. The van der Waals surface area contributed by atoms with Crippen molar-refractivity contribution >= 4 is 12.0 Å². The van der Waals surface area contributed by atoms with Crippen molar-refractivity contribution in [3.63, 3.8) is 0 Å². The quantitative estimate of drug-likeness (QED) is 0.796. The molecule has 1 aromatic rings. The summed E-state index contributed by atoms with van der Waals surface area (Å²) in [6.07, 6.45) is 6.12. The van der Waals surface area contributed by atoms with Gasteiger partial charge in [0.1, 0.15) is 0 Å². The van der Waals surface area contributed by atoms with Crippen LogP contribution in [0.3, 0.4) is 0 Å². The van der Waals surface area contributed by atoms with Crippen molar-refractivity contribution in [2.45, 2.75) is 24.4 Å². The summed E-state index contributed by atoms with van der Waals surface area (Å²) < 4.78 is 10.9. The van der Waals surface area contributed by atoms with Crippen molar-refractivity contribution in [3.8, 4) is 0 Å². The van der Waals surface area contributed by atoms with Crippen LogP contribution in [0.1, 0.15) is 24.0 Å². The Morgan fingerprint density at radius 2 is 2.00 bits per heavy atom. The van der Waals surface area contributed by atoms with Crippen LogP contribution in [0.2, 0.25) is 0 Å². The highest BCUT2D eigenvalue weighted by Gasteiger charge is 2.40. The zero-order chi connectivity index (χ0) is 15.0. The minimum atomic E-state index is -0.408. The summed E-state index contributed by atoms with van der Waals surface area (Å²) >= 11 is 0. The molecule has 0 N–H and O–H groups in total. The third-order valence-electron chi connectivity index (χ3n) is 5.14. The number of carbonyl (C=O) groups is 1. The lowest BCUT2D eigenvalue weighted by molar-refractivity contribution is -0.159. The molecule has 2 aliphatic heterocycles. The van der Waals surface area contributed by atoms with E-state index in [0.29, 0.717) is 19.8 Å². The van der Waals surface area contributed by atoms with E-state index in [-0.39, 0.29) is 11.3 Å². The largest absolute Gasteiger partial charge is 0.376 e. The number of amides is 1. The molecule has 0 radical (unpaired) electrons. The molecule has 4 heteroatoms. The van der Waals surface area contributed by atoms with Gasteiger partial charge in [0.25, 0.3) is 5.91 Å². The van der Waals surface area contributed by atoms with Gasteiger partial charge < -0.3 is 14.4 Å². The molecule has 0 saturated carbocycles. The van der Waals surface area contributed by atoms with E-state index >= 15 is 0 Å². The van der Waals surface area contributed by atoms with E-state index in [0.717, 1.165) is 25.9 Å². The molecule has 3 aliphatic rings. The summed E-state index contributed by atoms with van der Waals surface area (Å²) in [6, 6.07) is 8.59. The molecule has 1 spiro atoms. The summed E-state index contributed by atoms with van der Waals surface area (Å²) in [5, 5.41) is 0. The Balaban J connectivity index is 1.45. The van der Waals surface area contributed by atoms with Crippen molar-refractivity contribution in [3.05, 3.63) is 41.5 Å². The van der Waals surface area contributed by atoms with Gasteiger partial charge >= 0.3 is 0 Å². The standard InChI is InChI=1S/C18H21NO3/c20-17(16-13-21-11-12-22-16)19-9-7-18(8-10-19)6-5-14-3-1-2-4-15(14)18/h1-6,16H,7-13H2/t16-/m0/s1. The maximum absolute atomic E-state index is 12.5. The number of rotatable bonds is 1. The highest BCUT2D eigenvalue weighted by Crippen LogP contribution is 2.43. The van der Waals surface area contributed by atoms with Crippen LogP contribution in [-0.4, -0.2) is 49.8 Å². The van der Waals surface area contributed by atoms with Crippen molar-refractivity contribution in [1.82, 2.24) is 4.90 Å². The monoisotopic (exact) mass is 299 g/mol. The van der Waals surface area contributed by atoms with E-state index in [4.69, 9.17) is 9.47 Å². The van der Waals surface area contributed by atoms with Gasteiger partial charge in [-0.05, 0) is 24.0 Å². The lowest BCUT2D eigenvalue weighted by Gasteiger charge is -2.40. The van der Waals surface area contributed by atoms with Crippen LogP contribution in [0.4, 0.5) is 0 Å². The van der Waals surface area contributed by atoms with E-state index in [1.165, 1.54) is 11.1 Å². The third-order valence-corrected chi connectivity index (χ3v) is 5.14. The highest BCUT2D eigenvalue weighted by molar-refractivity contribution is 5.81. The lowest BCUT2D eigenvalue weighted by Crippen LogP contribution is -2.50. The van der Waals surface area contributed by atoms with Crippen LogP contribution in [-0.2, 0) is 19.7 Å². The summed E-state index contributed by atoms with van der Waals surface area (Å²) in [6.45, 7) is 3.08. The Hall–Kier alpha value is -1.65. The fourth-order valence-corrected chi connectivity index (χ4v) is 3.83. The number of benzene rings is 1. The molecule has 1 atom stereocenters. The predicted octanol–water partition coefficient (Wildman–Crippen LogP) is 1.99. The molecule has 116 valence electrons. The fourth-order valence-electron chi connectivity index (χ4n) is 3.83. The van der Waals surface area contributed by atoms with Gasteiger partial charge in [-0.3, -0.25) is 4.79 Å². The van der Waals surface area contributed by atoms with E-state index in [9.17, 15) is 4.79 Å². The average Bonchev–Trinajstić information content (AvgIpc) is 2.95. The molecule has 1 aliphatic carbocycles. The summed E-state index contributed by atoms with van der Waals surface area (Å²) in [7, 11) is 0. The maximum atomic E-state index is 12.5. The SMILES string of the molecule is O=C([C@@H]1COCCO1)N1CCC2(C=Cc3ccccc32)CC1. The highest BCUT2D eigenvalue weighted by atomic mass is 16.6. The predicted molar refractivity (Wildman–Crippen MR) is 83.5 cm³/mol. The molecule has 1 amide bonds. The van der Waals surface area contributed by atoms with Crippen molar-refractivity contribution < 1.29 is 14.3 Å². The van der Waals surface area contributed by atoms with E-state index in [2.05, 4.69) is 36.4 Å². The second kappa shape index (κ2) is 5.52. The molecule has 1 aromatic carbocycles. The molecule has 22 heavy (non-hydrogen) atoms. The molecule has 4 rings (SSSR count). The maximum Gasteiger partial charge on any atom is 0.254 e. The van der Waals surface area contributed by atoms with Gasteiger partial charge in [-0.1, -0.05) is 36.4 Å². The number of piperidine rings is 1. The molecular formula is C18H21NO3. The summed E-state index contributed by atoms with van der Waals surface area (Å²) in [5.41, 5.74) is 2.86. The number of hydrogen-bond donors (Lipinski definition) is 0. The molecule has 0 aromatic heterocycles. The van der Waals surface area contributed by atoms with Crippen LogP contribution < -0.4 is 0 Å². The molecule has 0 bridgehead atoms. The number of hydrogen-bond acceptors (Lipinski definition) is 3. The zero-order valence-corrected chi connectivity index (χ0v) is 12.7. The molecule has 2 heterocycles. The minimum Gasteiger partial charge on any atom is -0.376 e. The number of ether oxygens (including phenoxy) is 2. The Morgan fingerprint density at radius 1 is 1.18 bits per heavy atom. The Morgan fingerprint density at radius 3 is 2.77 bits per heavy atom. The van der Waals surface area contributed by atoms with E-state index in [1.807, 2.05) is 4.90 Å². The first kappa shape index (κ1) is 14.0. The van der Waals surface area contributed by atoms with Crippen LogP contribution in [0.25, 0.3) is 6.08 Å². The van der Waals surface area contributed by atoms with Crippen molar-refractivity contribution in [2.75, 3.05) is 32.9 Å². The average molecular weight is 299 g/mol. The van der Waals surface area contributed by atoms with E-state index in [1.54, 1.807) is 0 Å².